The lowest BCUT2D eigenvalue weighted by Crippen LogP contribution is -2.15. The third-order valence-corrected chi connectivity index (χ3v) is 3.43. The number of nitrogens with one attached hydrogen (secondary N) is 1. The SMILES string of the molecule is CNc1nc2cc(OC)c(Cl)cc2cc1C(C)(C)C. The first-order valence-corrected chi connectivity index (χ1v) is 6.61. The van der Waals surface area contributed by atoms with Crippen molar-refractivity contribution in [1.82, 2.24) is 4.98 Å². The third kappa shape index (κ3) is 2.61. The van der Waals surface area contributed by atoms with Crippen molar-refractivity contribution in [2.75, 3.05) is 19.5 Å². The molecule has 1 aromatic carbocycles. The van der Waals surface area contributed by atoms with Crippen LogP contribution < -0.4 is 10.1 Å². The number of rotatable bonds is 2. The Kier molecular flexibility index (Phi) is 3.59. The number of fused-ring (bicyclic) bond motifs is 1. The van der Waals surface area contributed by atoms with E-state index in [1.54, 1.807) is 7.11 Å². The first kappa shape index (κ1) is 13.9. The largest absolute Gasteiger partial charge is 0.495 e. The molecule has 1 heterocycles. The molecule has 102 valence electrons. The van der Waals surface area contributed by atoms with Gasteiger partial charge in [-0.3, -0.25) is 0 Å². The van der Waals surface area contributed by atoms with E-state index in [9.17, 15) is 0 Å². The molecule has 0 aliphatic rings. The summed E-state index contributed by atoms with van der Waals surface area (Å²) in [5, 5.41) is 4.79. The molecule has 4 heteroatoms. The minimum atomic E-state index is 0.0198. The molecule has 1 aromatic heterocycles. The molecule has 0 atom stereocenters. The molecule has 0 saturated heterocycles. The second kappa shape index (κ2) is 4.89. The fourth-order valence-electron chi connectivity index (χ4n) is 2.09. The van der Waals surface area contributed by atoms with Crippen LogP contribution in [-0.2, 0) is 5.41 Å². The summed E-state index contributed by atoms with van der Waals surface area (Å²) in [5.41, 5.74) is 2.06. The van der Waals surface area contributed by atoms with Crippen molar-refractivity contribution in [3.8, 4) is 5.75 Å². The first-order valence-electron chi connectivity index (χ1n) is 6.23. The van der Waals surface area contributed by atoms with Crippen LogP contribution >= 0.6 is 11.6 Å². The highest BCUT2D eigenvalue weighted by Gasteiger charge is 2.20. The zero-order valence-corrected chi connectivity index (χ0v) is 12.7. The predicted octanol–water partition coefficient (Wildman–Crippen LogP) is 4.24. The molecule has 0 radical (unpaired) electrons. The van der Waals surface area contributed by atoms with E-state index in [4.69, 9.17) is 16.3 Å². The zero-order chi connectivity index (χ0) is 14.2. The Morgan fingerprint density at radius 3 is 2.42 bits per heavy atom. The van der Waals surface area contributed by atoms with Crippen LogP contribution in [0.5, 0.6) is 5.75 Å². The second-order valence-corrected chi connectivity index (χ2v) is 5.97. The number of aromatic nitrogens is 1. The van der Waals surface area contributed by atoms with Crippen LogP contribution in [0.3, 0.4) is 0 Å². The van der Waals surface area contributed by atoms with E-state index >= 15 is 0 Å². The van der Waals surface area contributed by atoms with Crippen LogP contribution in [0.1, 0.15) is 26.3 Å². The monoisotopic (exact) mass is 278 g/mol. The fraction of sp³-hybridized carbons (Fsp3) is 0.400. The highest BCUT2D eigenvalue weighted by atomic mass is 35.5. The number of methoxy groups -OCH3 is 1. The van der Waals surface area contributed by atoms with Crippen LogP contribution in [0.25, 0.3) is 10.9 Å². The van der Waals surface area contributed by atoms with Crippen molar-refractivity contribution >= 4 is 28.3 Å². The molecule has 0 bridgehead atoms. The summed E-state index contributed by atoms with van der Waals surface area (Å²) >= 11 is 6.18. The van der Waals surface area contributed by atoms with Crippen molar-refractivity contribution in [2.24, 2.45) is 0 Å². The molecule has 2 aromatic rings. The Morgan fingerprint density at radius 2 is 1.89 bits per heavy atom. The lowest BCUT2D eigenvalue weighted by Gasteiger charge is -2.22. The quantitative estimate of drug-likeness (QED) is 0.892. The number of halogens is 1. The lowest BCUT2D eigenvalue weighted by molar-refractivity contribution is 0.415. The molecule has 19 heavy (non-hydrogen) atoms. The average molecular weight is 279 g/mol. The van der Waals surface area contributed by atoms with Gasteiger partial charge in [-0.1, -0.05) is 32.4 Å². The molecule has 0 aliphatic heterocycles. The molecular weight excluding hydrogens is 260 g/mol. The van der Waals surface area contributed by atoms with Crippen molar-refractivity contribution in [1.29, 1.82) is 0 Å². The Morgan fingerprint density at radius 1 is 1.21 bits per heavy atom. The van der Waals surface area contributed by atoms with Crippen molar-refractivity contribution < 1.29 is 4.74 Å². The lowest BCUT2D eigenvalue weighted by atomic mass is 9.86. The van der Waals surface area contributed by atoms with E-state index in [0.29, 0.717) is 10.8 Å². The normalized spacial score (nSPS) is 11.7. The van der Waals surface area contributed by atoms with Crippen molar-refractivity contribution in [3.63, 3.8) is 0 Å². The van der Waals surface area contributed by atoms with E-state index < -0.39 is 0 Å². The number of hydrogen-bond donors (Lipinski definition) is 1. The van der Waals surface area contributed by atoms with Gasteiger partial charge in [0.25, 0.3) is 0 Å². The first-order chi connectivity index (χ1) is 8.86. The second-order valence-electron chi connectivity index (χ2n) is 5.56. The maximum Gasteiger partial charge on any atom is 0.139 e. The molecule has 2 rings (SSSR count). The van der Waals surface area contributed by atoms with Crippen LogP contribution in [0, 0.1) is 0 Å². The van der Waals surface area contributed by atoms with E-state index in [2.05, 4.69) is 37.1 Å². The highest BCUT2D eigenvalue weighted by Crippen LogP contribution is 2.34. The van der Waals surface area contributed by atoms with Crippen molar-refractivity contribution in [3.05, 3.63) is 28.8 Å². The fourth-order valence-corrected chi connectivity index (χ4v) is 2.34. The topological polar surface area (TPSA) is 34.2 Å². The summed E-state index contributed by atoms with van der Waals surface area (Å²) in [6.07, 6.45) is 0. The van der Waals surface area contributed by atoms with Gasteiger partial charge in [-0.15, -0.1) is 0 Å². The highest BCUT2D eigenvalue weighted by molar-refractivity contribution is 6.32. The van der Waals surface area contributed by atoms with E-state index in [1.807, 2.05) is 19.2 Å². The Hall–Kier alpha value is -1.48. The van der Waals surface area contributed by atoms with Gasteiger partial charge >= 0.3 is 0 Å². The predicted molar refractivity (Wildman–Crippen MR) is 81.6 cm³/mol. The number of benzene rings is 1. The summed E-state index contributed by atoms with van der Waals surface area (Å²) in [4.78, 5) is 4.66. The number of anilines is 1. The minimum absolute atomic E-state index is 0.0198. The van der Waals surface area contributed by atoms with Crippen LogP contribution in [0.15, 0.2) is 18.2 Å². The summed E-state index contributed by atoms with van der Waals surface area (Å²) in [7, 11) is 3.49. The maximum absolute atomic E-state index is 6.18. The molecule has 0 aliphatic carbocycles. The molecule has 1 N–H and O–H groups in total. The third-order valence-electron chi connectivity index (χ3n) is 3.13. The van der Waals surface area contributed by atoms with Gasteiger partial charge in [0.1, 0.15) is 11.6 Å². The summed E-state index contributed by atoms with van der Waals surface area (Å²) in [5.74, 6) is 1.54. The molecule has 0 spiro atoms. The number of pyridine rings is 1. The Bertz CT molecular complexity index is 618. The number of nitrogens with zero attached hydrogens (tertiary/aromatic N) is 1. The summed E-state index contributed by atoms with van der Waals surface area (Å²) < 4.78 is 5.23. The van der Waals surface area contributed by atoms with Gasteiger partial charge < -0.3 is 10.1 Å². The smallest absolute Gasteiger partial charge is 0.139 e. The van der Waals surface area contributed by atoms with Gasteiger partial charge in [-0.05, 0) is 17.5 Å². The number of hydrogen-bond acceptors (Lipinski definition) is 3. The van der Waals surface area contributed by atoms with Crippen molar-refractivity contribution in [2.45, 2.75) is 26.2 Å². The van der Waals surface area contributed by atoms with Gasteiger partial charge in [0.15, 0.2) is 0 Å². The molecule has 0 unspecified atom stereocenters. The van der Waals surface area contributed by atoms with Crippen LogP contribution in [0.4, 0.5) is 5.82 Å². The van der Waals surface area contributed by atoms with Gasteiger partial charge in [-0.2, -0.15) is 0 Å². The number of ether oxygens (including phenoxy) is 1. The molecule has 0 fully saturated rings. The van der Waals surface area contributed by atoms with Gasteiger partial charge in [0, 0.05) is 24.1 Å². The van der Waals surface area contributed by atoms with Crippen LogP contribution in [0.2, 0.25) is 5.02 Å². The molecule has 3 nitrogen and oxygen atoms in total. The maximum atomic E-state index is 6.18. The van der Waals surface area contributed by atoms with Gasteiger partial charge in [0.2, 0.25) is 0 Å². The minimum Gasteiger partial charge on any atom is -0.495 e. The van der Waals surface area contributed by atoms with E-state index in [0.717, 1.165) is 16.7 Å². The molecule has 0 saturated carbocycles. The molecule has 0 amide bonds. The van der Waals surface area contributed by atoms with E-state index in [-0.39, 0.29) is 5.41 Å². The Labute approximate surface area is 118 Å². The van der Waals surface area contributed by atoms with Gasteiger partial charge in [0.05, 0.1) is 17.6 Å². The standard InChI is InChI=1S/C15H19ClN2O/c1-15(2,3)10-6-9-7-11(16)13(19-5)8-12(9)18-14(10)17-4/h6-8H,1-5H3,(H,17,18). The zero-order valence-electron chi connectivity index (χ0n) is 12.0. The van der Waals surface area contributed by atoms with E-state index in [1.165, 1.54) is 5.56 Å². The molecular formula is C15H19ClN2O. The summed E-state index contributed by atoms with van der Waals surface area (Å²) in [6, 6.07) is 5.90. The summed E-state index contributed by atoms with van der Waals surface area (Å²) in [6.45, 7) is 6.51. The van der Waals surface area contributed by atoms with Crippen LogP contribution in [-0.4, -0.2) is 19.1 Å². The average Bonchev–Trinajstić information content (AvgIpc) is 2.35. The van der Waals surface area contributed by atoms with Gasteiger partial charge in [-0.25, -0.2) is 4.98 Å². The Balaban J connectivity index is 2.74.